The fraction of sp³-hybridized carbons (Fsp3) is 0.308. The molecule has 0 aliphatic carbocycles. The topological polar surface area (TPSA) is 59.1 Å². The van der Waals surface area contributed by atoms with Crippen molar-refractivity contribution in [1.82, 2.24) is 4.98 Å². The number of fused-ring (bicyclic) bond motifs is 1. The summed E-state index contributed by atoms with van der Waals surface area (Å²) in [4.78, 5) is 4.24. The molecule has 5 heteroatoms. The Kier molecular flexibility index (Phi) is 3.52. The molecular weight excluding hydrogens is 248 g/mol. The molecule has 0 spiro atoms. The fourth-order valence-electron chi connectivity index (χ4n) is 1.95. The van der Waals surface area contributed by atoms with Gasteiger partial charge in [0, 0.05) is 29.6 Å². The van der Waals surface area contributed by atoms with Crippen molar-refractivity contribution in [2.75, 3.05) is 17.3 Å². The van der Waals surface area contributed by atoms with Crippen LogP contribution in [-0.4, -0.2) is 31.5 Å². The molecule has 1 atom stereocenters. The third-order valence-corrected chi connectivity index (χ3v) is 3.67. The molecule has 0 fully saturated rings. The number of benzene rings is 1. The molecule has 1 aromatic carbocycles. The molecule has 0 amide bonds. The summed E-state index contributed by atoms with van der Waals surface area (Å²) >= 11 is 0. The first-order valence-corrected chi connectivity index (χ1v) is 7.79. The van der Waals surface area contributed by atoms with E-state index in [0.717, 1.165) is 16.6 Å². The first-order chi connectivity index (χ1) is 8.44. The van der Waals surface area contributed by atoms with Crippen LogP contribution in [0.25, 0.3) is 10.9 Å². The summed E-state index contributed by atoms with van der Waals surface area (Å²) in [5.74, 6) is 0.123. The standard InChI is InChI=1S/C13H16N2O2S/c1-10(9-18(2,16)17)15-12-5-6-13-11(8-12)4-3-7-14-13/h3-8,10,15H,9H2,1-2H3. The fourth-order valence-corrected chi connectivity index (χ4v) is 2.94. The molecule has 2 aromatic rings. The number of sulfone groups is 1. The Morgan fingerprint density at radius 1 is 1.33 bits per heavy atom. The van der Waals surface area contributed by atoms with Crippen LogP contribution in [-0.2, 0) is 9.84 Å². The highest BCUT2D eigenvalue weighted by molar-refractivity contribution is 7.90. The first-order valence-electron chi connectivity index (χ1n) is 5.73. The lowest BCUT2D eigenvalue weighted by atomic mass is 10.2. The number of nitrogens with zero attached hydrogens (tertiary/aromatic N) is 1. The summed E-state index contributed by atoms with van der Waals surface area (Å²) in [5.41, 5.74) is 1.84. The van der Waals surface area contributed by atoms with Gasteiger partial charge in [-0.1, -0.05) is 6.07 Å². The van der Waals surface area contributed by atoms with Crippen LogP contribution < -0.4 is 5.32 Å². The van der Waals surface area contributed by atoms with Gasteiger partial charge in [-0.15, -0.1) is 0 Å². The number of hydrogen-bond acceptors (Lipinski definition) is 4. The van der Waals surface area contributed by atoms with Crippen molar-refractivity contribution in [3.8, 4) is 0 Å². The van der Waals surface area contributed by atoms with E-state index in [-0.39, 0.29) is 11.8 Å². The molecule has 0 aliphatic rings. The van der Waals surface area contributed by atoms with E-state index in [9.17, 15) is 8.42 Å². The zero-order valence-electron chi connectivity index (χ0n) is 10.4. The van der Waals surface area contributed by atoms with E-state index in [1.807, 2.05) is 37.3 Å². The molecule has 2 rings (SSSR count). The van der Waals surface area contributed by atoms with Gasteiger partial charge >= 0.3 is 0 Å². The van der Waals surface area contributed by atoms with Crippen LogP contribution in [0.2, 0.25) is 0 Å². The van der Waals surface area contributed by atoms with Crippen molar-refractivity contribution >= 4 is 26.4 Å². The van der Waals surface area contributed by atoms with Gasteiger partial charge in [0.2, 0.25) is 0 Å². The summed E-state index contributed by atoms with van der Waals surface area (Å²) in [7, 11) is -2.96. The van der Waals surface area contributed by atoms with Crippen molar-refractivity contribution in [3.63, 3.8) is 0 Å². The van der Waals surface area contributed by atoms with E-state index in [1.165, 1.54) is 6.26 Å². The normalized spacial score (nSPS) is 13.4. The highest BCUT2D eigenvalue weighted by Gasteiger charge is 2.10. The number of nitrogens with one attached hydrogen (secondary N) is 1. The Morgan fingerprint density at radius 2 is 2.11 bits per heavy atom. The summed E-state index contributed by atoms with van der Waals surface area (Å²) in [5, 5.41) is 4.22. The number of anilines is 1. The number of aromatic nitrogens is 1. The van der Waals surface area contributed by atoms with Crippen LogP contribution in [0.5, 0.6) is 0 Å². The van der Waals surface area contributed by atoms with E-state index in [2.05, 4.69) is 10.3 Å². The third-order valence-electron chi connectivity index (χ3n) is 2.57. The molecule has 18 heavy (non-hydrogen) atoms. The maximum absolute atomic E-state index is 11.2. The van der Waals surface area contributed by atoms with Crippen LogP contribution in [0.15, 0.2) is 36.5 Å². The first kappa shape index (κ1) is 12.8. The second-order valence-corrected chi connectivity index (χ2v) is 6.73. The Morgan fingerprint density at radius 3 is 2.83 bits per heavy atom. The Hall–Kier alpha value is -1.62. The van der Waals surface area contributed by atoms with E-state index >= 15 is 0 Å². The molecule has 0 aliphatic heterocycles. The van der Waals surface area contributed by atoms with Crippen molar-refractivity contribution < 1.29 is 8.42 Å². The van der Waals surface area contributed by atoms with Gasteiger partial charge in [-0.25, -0.2) is 8.42 Å². The van der Waals surface area contributed by atoms with Crippen LogP contribution in [0, 0.1) is 0 Å². The molecule has 0 radical (unpaired) electrons. The van der Waals surface area contributed by atoms with Gasteiger partial charge in [-0.2, -0.15) is 0 Å². The quantitative estimate of drug-likeness (QED) is 0.918. The summed E-state index contributed by atoms with van der Waals surface area (Å²) in [6, 6.07) is 9.55. The molecule has 0 saturated carbocycles. The average Bonchev–Trinajstić information content (AvgIpc) is 2.26. The van der Waals surface area contributed by atoms with Gasteiger partial charge in [0.1, 0.15) is 9.84 Å². The van der Waals surface area contributed by atoms with Crippen LogP contribution in [0.1, 0.15) is 6.92 Å². The Labute approximate surface area is 107 Å². The summed E-state index contributed by atoms with van der Waals surface area (Å²) in [6.45, 7) is 1.86. The monoisotopic (exact) mass is 264 g/mol. The van der Waals surface area contributed by atoms with Crippen molar-refractivity contribution in [3.05, 3.63) is 36.5 Å². The summed E-state index contributed by atoms with van der Waals surface area (Å²) < 4.78 is 22.4. The molecule has 1 unspecified atom stereocenters. The number of hydrogen-bond donors (Lipinski definition) is 1. The number of pyridine rings is 1. The minimum atomic E-state index is -2.96. The van der Waals surface area contributed by atoms with Crippen molar-refractivity contribution in [1.29, 1.82) is 0 Å². The lowest BCUT2D eigenvalue weighted by Crippen LogP contribution is -2.24. The second kappa shape index (κ2) is 4.94. The zero-order chi connectivity index (χ0) is 13.2. The second-order valence-electron chi connectivity index (χ2n) is 4.55. The molecule has 1 aromatic heterocycles. The Bertz CT molecular complexity index is 653. The van der Waals surface area contributed by atoms with Crippen LogP contribution in [0.4, 0.5) is 5.69 Å². The van der Waals surface area contributed by atoms with E-state index in [4.69, 9.17) is 0 Å². The smallest absolute Gasteiger partial charge is 0.149 e. The maximum atomic E-state index is 11.2. The average molecular weight is 264 g/mol. The van der Waals surface area contributed by atoms with Crippen molar-refractivity contribution in [2.45, 2.75) is 13.0 Å². The lowest BCUT2D eigenvalue weighted by molar-refractivity contribution is 0.598. The van der Waals surface area contributed by atoms with E-state index in [1.54, 1.807) is 6.20 Å². The lowest BCUT2D eigenvalue weighted by Gasteiger charge is -2.14. The van der Waals surface area contributed by atoms with Gasteiger partial charge in [-0.05, 0) is 31.2 Å². The highest BCUT2D eigenvalue weighted by atomic mass is 32.2. The predicted molar refractivity (Wildman–Crippen MR) is 74.5 cm³/mol. The molecular formula is C13H16N2O2S. The molecule has 4 nitrogen and oxygen atoms in total. The van der Waals surface area contributed by atoms with Gasteiger partial charge in [0.25, 0.3) is 0 Å². The van der Waals surface area contributed by atoms with Gasteiger partial charge in [-0.3, -0.25) is 4.98 Å². The minimum Gasteiger partial charge on any atom is -0.382 e. The van der Waals surface area contributed by atoms with Crippen LogP contribution in [0.3, 0.4) is 0 Å². The van der Waals surface area contributed by atoms with Gasteiger partial charge < -0.3 is 5.32 Å². The third kappa shape index (κ3) is 3.43. The zero-order valence-corrected chi connectivity index (χ0v) is 11.2. The van der Waals surface area contributed by atoms with Crippen LogP contribution >= 0.6 is 0 Å². The molecule has 0 saturated heterocycles. The largest absolute Gasteiger partial charge is 0.382 e. The Balaban J connectivity index is 2.17. The minimum absolute atomic E-state index is 0.117. The van der Waals surface area contributed by atoms with Gasteiger partial charge in [0.05, 0.1) is 11.3 Å². The van der Waals surface area contributed by atoms with E-state index < -0.39 is 9.84 Å². The maximum Gasteiger partial charge on any atom is 0.149 e. The van der Waals surface area contributed by atoms with Crippen molar-refractivity contribution in [2.24, 2.45) is 0 Å². The molecule has 96 valence electrons. The van der Waals surface area contributed by atoms with E-state index in [0.29, 0.717) is 0 Å². The van der Waals surface area contributed by atoms with Gasteiger partial charge in [0.15, 0.2) is 0 Å². The SMILES string of the molecule is CC(CS(C)(=O)=O)Nc1ccc2ncccc2c1. The predicted octanol–water partition coefficient (Wildman–Crippen LogP) is 2.08. The molecule has 1 N–H and O–H groups in total. The number of rotatable bonds is 4. The molecule has 1 heterocycles. The molecule has 0 bridgehead atoms. The highest BCUT2D eigenvalue weighted by Crippen LogP contribution is 2.17. The summed E-state index contributed by atoms with van der Waals surface area (Å²) in [6.07, 6.45) is 3.00.